The zero-order chi connectivity index (χ0) is 15.4. The first kappa shape index (κ1) is 15.3. The van der Waals surface area contributed by atoms with Crippen molar-refractivity contribution in [2.75, 3.05) is 32.8 Å². The van der Waals surface area contributed by atoms with Gasteiger partial charge in [-0.15, -0.1) is 0 Å². The molecule has 4 nitrogen and oxygen atoms in total. The molecule has 3 rings (SSSR count). The lowest BCUT2D eigenvalue weighted by Gasteiger charge is -2.38. The van der Waals surface area contributed by atoms with Crippen LogP contribution in [0.25, 0.3) is 0 Å². The lowest BCUT2D eigenvalue weighted by Crippen LogP contribution is -2.51. The van der Waals surface area contributed by atoms with Gasteiger partial charge in [0.25, 0.3) is 5.91 Å². The highest BCUT2D eigenvalue weighted by molar-refractivity contribution is 5.94. The fourth-order valence-electron chi connectivity index (χ4n) is 3.60. The summed E-state index contributed by atoms with van der Waals surface area (Å²) in [4.78, 5) is 17.1. The van der Waals surface area contributed by atoms with E-state index < -0.39 is 0 Å². The topological polar surface area (TPSA) is 32.8 Å². The molecule has 0 spiro atoms. The molecule has 22 heavy (non-hydrogen) atoms. The van der Waals surface area contributed by atoms with Gasteiger partial charge < -0.3 is 9.64 Å². The summed E-state index contributed by atoms with van der Waals surface area (Å²) in [7, 11) is 0. The molecule has 1 aliphatic heterocycles. The SMILES string of the molecule is CCOc1ccc(C(=O)N2CCN(C3CCCC3)CC2)cc1. The van der Waals surface area contributed by atoms with Gasteiger partial charge in [-0.05, 0) is 44.0 Å². The summed E-state index contributed by atoms with van der Waals surface area (Å²) in [6, 6.07) is 8.27. The van der Waals surface area contributed by atoms with E-state index in [0.29, 0.717) is 6.61 Å². The van der Waals surface area contributed by atoms with Crippen LogP contribution in [0.2, 0.25) is 0 Å². The summed E-state index contributed by atoms with van der Waals surface area (Å²) >= 11 is 0. The second kappa shape index (κ2) is 7.14. The summed E-state index contributed by atoms with van der Waals surface area (Å²) in [5.41, 5.74) is 0.762. The van der Waals surface area contributed by atoms with Gasteiger partial charge in [0.2, 0.25) is 0 Å². The largest absolute Gasteiger partial charge is 0.494 e. The summed E-state index contributed by atoms with van der Waals surface area (Å²) in [6.45, 7) is 6.35. The normalized spacial score (nSPS) is 20.3. The maximum Gasteiger partial charge on any atom is 0.253 e. The number of carbonyl (C=O) groups is 1. The van der Waals surface area contributed by atoms with Crippen LogP contribution in [0.1, 0.15) is 43.0 Å². The lowest BCUT2D eigenvalue weighted by molar-refractivity contribution is 0.0573. The summed E-state index contributed by atoms with van der Waals surface area (Å²) < 4.78 is 5.43. The monoisotopic (exact) mass is 302 g/mol. The zero-order valence-electron chi connectivity index (χ0n) is 13.5. The fraction of sp³-hybridized carbons (Fsp3) is 0.611. The Labute approximate surface area is 133 Å². The second-order valence-electron chi connectivity index (χ2n) is 6.22. The smallest absolute Gasteiger partial charge is 0.253 e. The Kier molecular flexibility index (Phi) is 4.98. The minimum atomic E-state index is 0.147. The molecule has 1 saturated heterocycles. The van der Waals surface area contributed by atoms with E-state index in [0.717, 1.165) is 43.5 Å². The molecule has 2 fully saturated rings. The van der Waals surface area contributed by atoms with Crippen LogP contribution in [0.15, 0.2) is 24.3 Å². The van der Waals surface area contributed by atoms with E-state index in [1.807, 2.05) is 36.1 Å². The Balaban J connectivity index is 1.54. The molecule has 1 saturated carbocycles. The van der Waals surface area contributed by atoms with Gasteiger partial charge in [0.05, 0.1) is 6.61 Å². The number of rotatable bonds is 4. The molecule has 1 aromatic rings. The molecular weight excluding hydrogens is 276 g/mol. The number of ether oxygens (including phenoxy) is 1. The van der Waals surface area contributed by atoms with Crippen LogP contribution in [0.5, 0.6) is 5.75 Å². The van der Waals surface area contributed by atoms with E-state index >= 15 is 0 Å². The third-order valence-electron chi connectivity index (χ3n) is 4.85. The molecule has 0 N–H and O–H groups in total. The number of amides is 1. The van der Waals surface area contributed by atoms with Crippen LogP contribution in [-0.4, -0.2) is 54.5 Å². The maximum absolute atomic E-state index is 12.6. The first-order valence-corrected chi connectivity index (χ1v) is 8.54. The standard InChI is InChI=1S/C18H26N2O2/c1-2-22-17-9-7-15(8-10-17)18(21)20-13-11-19(12-14-20)16-5-3-4-6-16/h7-10,16H,2-6,11-14H2,1H3. The van der Waals surface area contributed by atoms with Crippen molar-refractivity contribution in [2.45, 2.75) is 38.6 Å². The molecule has 0 aromatic heterocycles. The number of nitrogens with zero attached hydrogens (tertiary/aromatic N) is 2. The summed E-state index contributed by atoms with van der Waals surface area (Å²) in [6.07, 6.45) is 5.42. The molecule has 0 radical (unpaired) electrons. The summed E-state index contributed by atoms with van der Waals surface area (Å²) in [5.74, 6) is 0.972. The minimum Gasteiger partial charge on any atom is -0.494 e. The van der Waals surface area contributed by atoms with Gasteiger partial charge in [-0.2, -0.15) is 0 Å². The van der Waals surface area contributed by atoms with Crippen molar-refractivity contribution in [3.63, 3.8) is 0 Å². The third kappa shape index (κ3) is 3.43. The van der Waals surface area contributed by atoms with Gasteiger partial charge >= 0.3 is 0 Å². The van der Waals surface area contributed by atoms with Crippen LogP contribution >= 0.6 is 0 Å². The predicted molar refractivity (Wildman–Crippen MR) is 87.3 cm³/mol. The van der Waals surface area contributed by atoms with Gasteiger partial charge in [0.1, 0.15) is 5.75 Å². The van der Waals surface area contributed by atoms with E-state index in [4.69, 9.17) is 4.74 Å². The highest BCUT2D eigenvalue weighted by atomic mass is 16.5. The van der Waals surface area contributed by atoms with Gasteiger partial charge in [0.15, 0.2) is 0 Å². The van der Waals surface area contributed by atoms with Crippen LogP contribution < -0.4 is 4.74 Å². The van der Waals surface area contributed by atoms with Gasteiger partial charge in [-0.3, -0.25) is 9.69 Å². The fourth-order valence-corrected chi connectivity index (χ4v) is 3.60. The Morgan fingerprint density at radius 3 is 2.32 bits per heavy atom. The molecule has 2 aliphatic rings. The predicted octanol–water partition coefficient (Wildman–Crippen LogP) is 2.79. The minimum absolute atomic E-state index is 0.147. The van der Waals surface area contributed by atoms with Crippen molar-refractivity contribution in [1.82, 2.24) is 9.80 Å². The Hall–Kier alpha value is -1.55. The van der Waals surface area contributed by atoms with Crippen LogP contribution in [0.4, 0.5) is 0 Å². The Bertz CT molecular complexity index is 486. The zero-order valence-corrected chi connectivity index (χ0v) is 13.5. The van der Waals surface area contributed by atoms with Gasteiger partial charge in [-0.1, -0.05) is 12.8 Å². The molecule has 1 aromatic carbocycles. The number of hydrogen-bond acceptors (Lipinski definition) is 3. The molecule has 1 amide bonds. The third-order valence-corrected chi connectivity index (χ3v) is 4.85. The first-order chi connectivity index (χ1) is 10.8. The quantitative estimate of drug-likeness (QED) is 0.857. The van der Waals surface area contributed by atoms with E-state index in [1.54, 1.807) is 0 Å². The average Bonchev–Trinajstić information content (AvgIpc) is 3.10. The number of benzene rings is 1. The van der Waals surface area contributed by atoms with E-state index in [-0.39, 0.29) is 5.91 Å². The van der Waals surface area contributed by atoms with E-state index in [2.05, 4.69) is 4.90 Å². The molecule has 0 atom stereocenters. The molecule has 120 valence electrons. The van der Waals surface area contributed by atoms with Crippen molar-refractivity contribution >= 4 is 5.91 Å². The van der Waals surface area contributed by atoms with E-state index in [1.165, 1.54) is 25.7 Å². The van der Waals surface area contributed by atoms with Crippen LogP contribution in [-0.2, 0) is 0 Å². The van der Waals surface area contributed by atoms with Gasteiger partial charge in [-0.25, -0.2) is 0 Å². The van der Waals surface area contributed by atoms with E-state index in [9.17, 15) is 4.79 Å². The van der Waals surface area contributed by atoms with Crippen molar-refractivity contribution in [1.29, 1.82) is 0 Å². The highest BCUT2D eigenvalue weighted by Crippen LogP contribution is 2.24. The molecule has 0 unspecified atom stereocenters. The summed E-state index contributed by atoms with van der Waals surface area (Å²) in [5, 5.41) is 0. The highest BCUT2D eigenvalue weighted by Gasteiger charge is 2.28. The van der Waals surface area contributed by atoms with Crippen LogP contribution in [0.3, 0.4) is 0 Å². The number of carbonyl (C=O) groups excluding carboxylic acids is 1. The van der Waals surface area contributed by atoms with Crippen molar-refractivity contribution in [3.05, 3.63) is 29.8 Å². The maximum atomic E-state index is 12.6. The first-order valence-electron chi connectivity index (χ1n) is 8.54. The van der Waals surface area contributed by atoms with Crippen molar-refractivity contribution in [3.8, 4) is 5.75 Å². The van der Waals surface area contributed by atoms with Crippen LogP contribution in [0, 0.1) is 0 Å². The lowest BCUT2D eigenvalue weighted by atomic mass is 10.1. The number of hydrogen-bond donors (Lipinski definition) is 0. The molecule has 4 heteroatoms. The van der Waals surface area contributed by atoms with Crippen molar-refractivity contribution in [2.24, 2.45) is 0 Å². The Morgan fingerprint density at radius 2 is 1.73 bits per heavy atom. The molecule has 0 bridgehead atoms. The second-order valence-corrected chi connectivity index (χ2v) is 6.22. The molecule has 1 aliphatic carbocycles. The van der Waals surface area contributed by atoms with Crippen molar-refractivity contribution < 1.29 is 9.53 Å². The number of piperazine rings is 1. The molecule has 1 heterocycles. The van der Waals surface area contributed by atoms with Gasteiger partial charge in [0, 0.05) is 37.8 Å². The Morgan fingerprint density at radius 1 is 1.09 bits per heavy atom. The molecular formula is C18H26N2O2. The average molecular weight is 302 g/mol.